The molecule has 3 aromatic rings. The van der Waals surface area contributed by atoms with E-state index in [0.717, 1.165) is 12.3 Å². The van der Waals surface area contributed by atoms with Gasteiger partial charge in [-0.15, -0.1) is 0 Å². The van der Waals surface area contributed by atoms with Gasteiger partial charge in [0.2, 0.25) is 0 Å². The maximum absolute atomic E-state index is 14.9. The van der Waals surface area contributed by atoms with Crippen molar-refractivity contribution in [3.05, 3.63) is 58.1 Å². The summed E-state index contributed by atoms with van der Waals surface area (Å²) in [4.78, 5) is 26.7. The molecule has 0 unspecified atom stereocenters. The van der Waals surface area contributed by atoms with Gasteiger partial charge in [0.25, 0.3) is 5.56 Å². The predicted molar refractivity (Wildman–Crippen MR) is 121 cm³/mol. The second kappa shape index (κ2) is 7.22. The number of nitrogens with two attached hydrogens (primary N) is 1. The largest absolute Gasteiger partial charge is 0.386 e. The average Bonchev–Trinajstić information content (AvgIpc) is 2.68. The van der Waals surface area contributed by atoms with Crippen LogP contribution in [0.3, 0.4) is 0 Å². The number of aliphatic imine (C=N–C) groups is 1. The van der Waals surface area contributed by atoms with E-state index in [1.807, 2.05) is 0 Å². The Morgan fingerprint density at radius 3 is 2.62 bits per heavy atom. The molecule has 1 aromatic carbocycles. The van der Waals surface area contributed by atoms with E-state index in [2.05, 4.69) is 25.3 Å². The molecular formula is C20H22F2N6O3S. The number of hydrogen-bond acceptors (Lipinski definition) is 8. The number of hydrogen-bond donors (Lipinski definition) is 5. The minimum atomic E-state index is -3.32. The van der Waals surface area contributed by atoms with Crippen LogP contribution in [0.1, 0.15) is 26.3 Å². The van der Waals surface area contributed by atoms with E-state index in [1.165, 1.54) is 19.2 Å². The Hall–Kier alpha value is -3.09. The summed E-state index contributed by atoms with van der Waals surface area (Å²) in [6.07, 6.45) is 2.51. The number of nitrogens with one attached hydrogen (secondary N) is 2. The van der Waals surface area contributed by atoms with Gasteiger partial charge in [-0.25, -0.2) is 18.7 Å². The van der Waals surface area contributed by atoms with Gasteiger partial charge in [0.05, 0.1) is 17.5 Å². The van der Waals surface area contributed by atoms with E-state index in [0.29, 0.717) is 11.0 Å². The zero-order chi connectivity index (χ0) is 23.5. The molecule has 12 heteroatoms. The number of aromatic nitrogens is 3. The number of nitrogens with zero attached hydrogens (tertiary/aromatic N) is 3. The summed E-state index contributed by atoms with van der Waals surface area (Å²) in [7, 11) is -3.32. The molecular weight excluding hydrogens is 442 g/mol. The van der Waals surface area contributed by atoms with Gasteiger partial charge in [-0.1, -0.05) is 0 Å². The van der Waals surface area contributed by atoms with Crippen LogP contribution < -0.4 is 16.6 Å². The summed E-state index contributed by atoms with van der Waals surface area (Å²) in [6, 6.07) is 3.81. The molecule has 0 radical (unpaired) electrons. The van der Waals surface area contributed by atoms with Gasteiger partial charge in [-0.3, -0.25) is 18.9 Å². The summed E-state index contributed by atoms with van der Waals surface area (Å²) in [5.74, 6) is -2.52. The second-order valence-corrected chi connectivity index (χ2v) is 11.0. The third kappa shape index (κ3) is 3.49. The van der Waals surface area contributed by atoms with Crippen LogP contribution in [-0.2, 0) is 5.54 Å². The lowest BCUT2D eigenvalue weighted by molar-refractivity contribution is 0.409. The van der Waals surface area contributed by atoms with Gasteiger partial charge in [0.15, 0.2) is 17.5 Å². The van der Waals surface area contributed by atoms with Crippen molar-refractivity contribution < 1.29 is 17.9 Å². The van der Waals surface area contributed by atoms with Crippen LogP contribution in [0.25, 0.3) is 11.0 Å². The highest BCUT2D eigenvalue weighted by atomic mass is 32.3. The molecule has 170 valence electrons. The lowest BCUT2D eigenvalue weighted by Gasteiger charge is -2.53. The monoisotopic (exact) mass is 464 g/mol. The van der Waals surface area contributed by atoms with Crippen LogP contribution in [0, 0.1) is 11.6 Å². The second-order valence-electron chi connectivity index (χ2n) is 8.34. The zero-order valence-electron chi connectivity index (χ0n) is 17.5. The molecule has 0 saturated heterocycles. The number of halogens is 2. The van der Waals surface area contributed by atoms with Crippen molar-refractivity contribution in [3.63, 3.8) is 0 Å². The normalized spacial score (nSPS) is 22.9. The maximum Gasteiger partial charge on any atom is 0.266 e. The lowest BCUT2D eigenvalue weighted by atomic mass is 9.92. The summed E-state index contributed by atoms with van der Waals surface area (Å²) >= 11 is 0. The minimum Gasteiger partial charge on any atom is -0.386 e. The van der Waals surface area contributed by atoms with E-state index in [1.54, 1.807) is 19.9 Å². The number of fused-ring (bicyclic) bond motifs is 1. The smallest absolute Gasteiger partial charge is 0.266 e. The third-order valence-electron chi connectivity index (χ3n) is 5.65. The molecule has 2 aromatic heterocycles. The van der Waals surface area contributed by atoms with E-state index in [-0.39, 0.29) is 28.7 Å². The third-order valence-corrected chi connectivity index (χ3v) is 8.46. The quantitative estimate of drug-likeness (QED) is 0.398. The molecule has 1 aliphatic heterocycles. The molecule has 1 atom stereocenters. The molecule has 32 heavy (non-hydrogen) atoms. The first kappa shape index (κ1) is 22.1. The van der Waals surface area contributed by atoms with Crippen molar-refractivity contribution in [2.75, 3.05) is 11.1 Å². The molecule has 0 bridgehead atoms. The first-order chi connectivity index (χ1) is 14.8. The number of amidine groups is 1. The number of benzene rings is 1. The summed E-state index contributed by atoms with van der Waals surface area (Å²) in [5.41, 5.74) is 4.75. The number of H-pyrrole nitrogens is 1. The summed E-state index contributed by atoms with van der Waals surface area (Å²) in [6.45, 7) is 4.55. The molecule has 0 saturated carbocycles. The van der Waals surface area contributed by atoms with Gasteiger partial charge in [0.1, 0.15) is 21.6 Å². The number of aromatic amines is 1. The Morgan fingerprint density at radius 1 is 1.22 bits per heavy atom. The zero-order valence-corrected chi connectivity index (χ0v) is 18.3. The van der Waals surface area contributed by atoms with Crippen LogP contribution in [0.2, 0.25) is 0 Å². The van der Waals surface area contributed by atoms with E-state index in [4.69, 9.17) is 5.73 Å². The van der Waals surface area contributed by atoms with Crippen molar-refractivity contribution in [2.45, 2.75) is 31.1 Å². The van der Waals surface area contributed by atoms with Crippen molar-refractivity contribution >= 4 is 39.0 Å². The highest BCUT2D eigenvalue weighted by Crippen LogP contribution is 2.59. The molecule has 9 nitrogen and oxygen atoms in total. The fourth-order valence-corrected chi connectivity index (χ4v) is 5.31. The topological polar surface area (TPSA) is 150 Å². The SMILES string of the molecule is CC1(C)C(N)=N[C@@](C)(c2cc(Nc3nccc4[nH]c(=O)cnc34)cc(F)c2F)CS1(O)O. The molecule has 0 aliphatic carbocycles. The van der Waals surface area contributed by atoms with E-state index < -0.39 is 38.1 Å². The number of anilines is 2. The Morgan fingerprint density at radius 2 is 1.94 bits per heavy atom. The Balaban J connectivity index is 1.82. The Labute approximate surface area is 183 Å². The van der Waals surface area contributed by atoms with Gasteiger partial charge >= 0.3 is 0 Å². The summed E-state index contributed by atoms with van der Waals surface area (Å²) < 4.78 is 49.6. The highest BCUT2D eigenvalue weighted by molar-refractivity contribution is 8.26. The van der Waals surface area contributed by atoms with Crippen LogP contribution >= 0.6 is 10.6 Å². The van der Waals surface area contributed by atoms with Crippen molar-refractivity contribution in [1.82, 2.24) is 15.0 Å². The molecule has 4 rings (SSSR count). The fraction of sp³-hybridized carbons (Fsp3) is 0.300. The van der Waals surface area contributed by atoms with Gasteiger partial charge < -0.3 is 16.0 Å². The standard InChI is InChI=1S/C20H22F2N6O3S/c1-19(2)18(23)28-20(3,9-32(19,30)31)11-6-10(7-12(21)15(11)22)26-17-16-13(4-5-24-17)27-14(29)8-25-16/h4-8,30-31H,9H2,1-3H3,(H2,23,28)(H,24,26)(H,27,29)/t20-/m1/s1. The van der Waals surface area contributed by atoms with Gasteiger partial charge in [-0.05, 0) is 32.9 Å². The molecule has 0 amide bonds. The Bertz CT molecular complexity index is 1330. The van der Waals surface area contributed by atoms with Crippen LogP contribution in [0.4, 0.5) is 20.3 Å². The van der Waals surface area contributed by atoms with Crippen molar-refractivity contribution in [3.8, 4) is 0 Å². The van der Waals surface area contributed by atoms with Gasteiger partial charge in [-0.2, -0.15) is 10.6 Å². The molecule has 6 N–H and O–H groups in total. The molecule has 1 aliphatic rings. The fourth-order valence-electron chi connectivity index (χ4n) is 3.57. The van der Waals surface area contributed by atoms with Gasteiger partial charge in [0, 0.05) is 23.5 Å². The first-order valence-electron chi connectivity index (χ1n) is 9.56. The minimum absolute atomic E-state index is 0.0618. The molecule has 0 fully saturated rings. The summed E-state index contributed by atoms with van der Waals surface area (Å²) in [5, 5.41) is 2.88. The highest BCUT2D eigenvalue weighted by Gasteiger charge is 2.49. The average molecular weight is 464 g/mol. The Kier molecular flexibility index (Phi) is 4.99. The van der Waals surface area contributed by atoms with Crippen molar-refractivity contribution in [2.24, 2.45) is 10.7 Å². The van der Waals surface area contributed by atoms with Crippen LogP contribution in [0.5, 0.6) is 0 Å². The first-order valence-corrected chi connectivity index (χ1v) is 11.3. The van der Waals surface area contributed by atoms with Crippen LogP contribution in [0.15, 0.2) is 40.4 Å². The predicted octanol–water partition coefficient (Wildman–Crippen LogP) is 3.46. The van der Waals surface area contributed by atoms with E-state index >= 15 is 0 Å². The van der Waals surface area contributed by atoms with Crippen molar-refractivity contribution in [1.29, 1.82) is 0 Å². The molecule has 0 spiro atoms. The number of pyridine rings is 1. The van der Waals surface area contributed by atoms with Crippen LogP contribution in [-0.4, -0.2) is 40.4 Å². The van der Waals surface area contributed by atoms with E-state index in [9.17, 15) is 22.7 Å². The maximum atomic E-state index is 14.9. The molecule has 3 heterocycles. The number of rotatable bonds is 3. The lowest BCUT2D eigenvalue weighted by Crippen LogP contribution is -2.52.